The van der Waals surface area contributed by atoms with Crippen LogP contribution in [0.5, 0.6) is 0 Å². The maximum atomic E-state index is 11.8. The van der Waals surface area contributed by atoms with Crippen molar-refractivity contribution in [1.82, 2.24) is 15.6 Å². The highest BCUT2D eigenvalue weighted by Crippen LogP contribution is 2.04. The Morgan fingerprint density at radius 2 is 2.09 bits per heavy atom. The van der Waals surface area contributed by atoms with Crippen molar-refractivity contribution in [2.75, 3.05) is 18.4 Å². The Morgan fingerprint density at radius 1 is 1.36 bits per heavy atom. The highest BCUT2D eigenvalue weighted by Gasteiger charge is 2.04. The number of carbonyl (C=O) groups is 1. The van der Waals surface area contributed by atoms with Gasteiger partial charge in [-0.25, -0.2) is 4.98 Å². The van der Waals surface area contributed by atoms with E-state index in [4.69, 9.17) is 0 Å². The topological polar surface area (TPSA) is 78.4 Å². The van der Waals surface area contributed by atoms with Crippen LogP contribution in [-0.2, 0) is 4.79 Å². The summed E-state index contributed by atoms with van der Waals surface area (Å²) in [6.07, 6.45) is 0.324. The summed E-state index contributed by atoms with van der Waals surface area (Å²) < 4.78 is 0. The van der Waals surface area contributed by atoms with Crippen molar-refractivity contribution >= 4 is 41.7 Å². The van der Waals surface area contributed by atoms with E-state index >= 15 is 0 Å². The predicted octanol–water partition coefficient (Wildman–Crippen LogP) is 2.30. The van der Waals surface area contributed by atoms with E-state index in [2.05, 4.69) is 25.9 Å². The molecular formula is C15H26IN5O. The van der Waals surface area contributed by atoms with Gasteiger partial charge in [0.25, 0.3) is 0 Å². The molecule has 6 nitrogen and oxygen atoms in total. The van der Waals surface area contributed by atoms with Gasteiger partial charge in [0, 0.05) is 24.7 Å². The van der Waals surface area contributed by atoms with Crippen LogP contribution in [-0.4, -0.2) is 36.0 Å². The molecule has 1 aromatic heterocycles. The molecule has 0 aliphatic carbocycles. The monoisotopic (exact) mass is 419 g/mol. The number of hydrogen-bond acceptors (Lipinski definition) is 3. The van der Waals surface area contributed by atoms with Crippen molar-refractivity contribution in [1.29, 1.82) is 0 Å². The second kappa shape index (κ2) is 11.2. The van der Waals surface area contributed by atoms with E-state index in [1.54, 1.807) is 6.07 Å². The highest BCUT2D eigenvalue weighted by molar-refractivity contribution is 14.0. The lowest BCUT2D eigenvalue weighted by Crippen LogP contribution is -2.41. The van der Waals surface area contributed by atoms with Crippen LogP contribution in [0.2, 0.25) is 0 Å². The maximum absolute atomic E-state index is 11.8. The van der Waals surface area contributed by atoms with Crippen LogP contribution in [0, 0.1) is 6.92 Å². The number of nitrogens with one attached hydrogen (secondary N) is 3. The number of aromatic nitrogens is 1. The number of nitrogens with zero attached hydrogens (tertiary/aromatic N) is 2. The number of pyridine rings is 1. The molecule has 0 aromatic carbocycles. The Bertz CT molecular complexity index is 491. The van der Waals surface area contributed by atoms with E-state index in [0.717, 1.165) is 18.2 Å². The molecule has 1 rings (SSSR count). The molecule has 0 saturated carbocycles. The summed E-state index contributed by atoms with van der Waals surface area (Å²) in [5, 5.41) is 9.12. The van der Waals surface area contributed by atoms with Gasteiger partial charge in [-0.15, -0.1) is 24.0 Å². The molecule has 1 heterocycles. The SMILES string of the molecule is CCNC(=NCCC(=O)Nc1cccc(C)n1)NC(C)C.I. The van der Waals surface area contributed by atoms with E-state index < -0.39 is 0 Å². The van der Waals surface area contributed by atoms with Crippen molar-refractivity contribution in [2.24, 2.45) is 4.99 Å². The number of amides is 1. The maximum Gasteiger partial charge on any atom is 0.227 e. The molecule has 0 aliphatic heterocycles. The van der Waals surface area contributed by atoms with Crippen LogP contribution >= 0.6 is 24.0 Å². The number of guanidine groups is 1. The second-order valence-corrected chi connectivity index (χ2v) is 5.02. The molecular weight excluding hydrogens is 393 g/mol. The molecule has 7 heteroatoms. The van der Waals surface area contributed by atoms with Gasteiger partial charge in [0.15, 0.2) is 5.96 Å². The average molecular weight is 419 g/mol. The first-order valence-electron chi connectivity index (χ1n) is 7.29. The number of aryl methyl sites for hydroxylation is 1. The van der Waals surface area contributed by atoms with Crippen LogP contribution in [0.4, 0.5) is 5.82 Å². The lowest BCUT2D eigenvalue weighted by molar-refractivity contribution is -0.116. The van der Waals surface area contributed by atoms with Crippen molar-refractivity contribution in [3.8, 4) is 0 Å². The number of rotatable bonds is 6. The summed E-state index contributed by atoms with van der Waals surface area (Å²) in [5.74, 6) is 1.22. The van der Waals surface area contributed by atoms with Gasteiger partial charge in [-0.3, -0.25) is 9.79 Å². The quantitative estimate of drug-likeness (QED) is 0.376. The molecule has 0 bridgehead atoms. The average Bonchev–Trinajstić information content (AvgIpc) is 2.38. The number of hydrogen-bond donors (Lipinski definition) is 3. The number of anilines is 1. The predicted molar refractivity (Wildman–Crippen MR) is 102 cm³/mol. The van der Waals surface area contributed by atoms with Crippen molar-refractivity contribution in [3.05, 3.63) is 23.9 Å². The van der Waals surface area contributed by atoms with Crippen LogP contribution < -0.4 is 16.0 Å². The van der Waals surface area contributed by atoms with Gasteiger partial charge in [0.2, 0.25) is 5.91 Å². The molecule has 3 N–H and O–H groups in total. The van der Waals surface area contributed by atoms with Crippen LogP contribution in [0.3, 0.4) is 0 Å². The first-order valence-corrected chi connectivity index (χ1v) is 7.29. The molecule has 0 aliphatic rings. The molecule has 124 valence electrons. The Kier molecular flexibility index (Phi) is 10.5. The first kappa shape index (κ1) is 20.6. The summed E-state index contributed by atoms with van der Waals surface area (Å²) in [6.45, 7) is 9.21. The van der Waals surface area contributed by atoms with Gasteiger partial charge in [0.1, 0.15) is 5.82 Å². The highest BCUT2D eigenvalue weighted by atomic mass is 127. The minimum atomic E-state index is -0.0859. The van der Waals surface area contributed by atoms with Crippen molar-refractivity contribution < 1.29 is 4.79 Å². The van der Waals surface area contributed by atoms with Crippen molar-refractivity contribution in [2.45, 2.75) is 40.2 Å². The van der Waals surface area contributed by atoms with Crippen LogP contribution in [0.25, 0.3) is 0 Å². The fraction of sp³-hybridized carbons (Fsp3) is 0.533. The minimum Gasteiger partial charge on any atom is -0.357 e. The molecule has 0 spiro atoms. The van der Waals surface area contributed by atoms with Gasteiger partial charge in [0.05, 0.1) is 6.54 Å². The molecule has 0 fully saturated rings. The molecule has 22 heavy (non-hydrogen) atoms. The molecule has 1 amide bonds. The van der Waals surface area contributed by atoms with E-state index in [-0.39, 0.29) is 29.9 Å². The van der Waals surface area contributed by atoms with E-state index in [0.29, 0.717) is 24.8 Å². The molecule has 0 unspecified atom stereocenters. The zero-order chi connectivity index (χ0) is 15.7. The molecule has 0 atom stereocenters. The van der Waals surface area contributed by atoms with E-state index in [1.165, 1.54) is 0 Å². The van der Waals surface area contributed by atoms with Gasteiger partial charge in [-0.1, -0.05) is 6.07 Å². The van der Waals surface area contributed by atoms with Crippen LogP contribution in [0.15, 0.2) is 23.2 Å². The molecule has 0 radical (unpaired) electrons. The zero-order valence-corrected chi connectivity index (χ0v) is 16.0. The number of halogens is 1. The lowest BCUT2D eigenvalue weighted by Gasteiger charge is -2.13. The summed E-state index contributed by atoms with van der Waals surface area (Å²) in [6, 6.07) is 5.83. The summed E-state index contributed by atoms with van der Waals surface area (Å²) in [5.41, 5.74) is 0.876. The second-order valence-electron chi connectivity index (χ2n) is 5.02. The van der Waals surface area contributed by atoms with Crippen LogP contribution in [0.1, 0.15) is 32.9 Å². The number of aliphatic imine (C=N–C) groups is 1. The molecule has 0 saturated heterocycles. The fourth-order valence-electron chi connectivity index (χ4n) is 1.68. The lowest BCUT2D eigenvalue weighted by atomic mass is 10.3. The van der Waals surface area contributed by atoms with E-state index in [1.807, 2.05) is 39.8 Å². The largest absolute Gasteiger partial charge is 0.357 e. The Morgan fingerprint density at radius 3 is 2.68 bits per heavy atom. The Labute approximate surface area is 149 Å². The van der Waals surface area contributed by atoms with Crippen molar-refractivity contribution in [3.63, 3.8) is 0 Å². The normalized spacial score (nSPS) is 10.9. The van der Waals surface area contributed by atoms with Gasteiger partial charge in [-0.05, 0) is 39.8 Å². The van der Waals surface area contributed by atoms with Gasteiger partial charge >= 0.3 is 0 Å². The first-order chi connectivity index (χ1) is 10.0. The number of carbonyl (C=O) groups excluding carboxylic acids is 1. The van der Waals surface area contributed by atoms with Gasteiger partial charge < -0.3 is 16.0 Å². The van der Waals surface area contributed by atoms with Gasteiger partial charge in [-0.2, -0.15) is 0 Å². The fourth-order valence-corrected chi connectivity index (χ4v) is 1.68. The summed E-state index contributed by atoms with van der Waals surface area (Å²) >= 11 is 0. The summed E-state index contributed by atoms with van der Waals surface area (Å²) in [4.78, 5) is 20.4. The minimum absolute atomic E-state index is 0. The third-order valence-corrected chi connectivity index (χ3v) is 2.53. The third-order valence-electron chi connectivity index (χ3n) is 2.53. The zero-order valence-electron chi connectivity index (χ0n) is 13.6. The Balaban J connectivity index is 0.00000441. The standard InChI is InChI=1S/C15H25N5O.HI/c1-5-16-15(18-11(2)3)17-10-9-14(21)20-13-8-6-7-12(4)19-13;/h6-8,11H,5,9-10H2,1-4H3,(H2,16,17,18)(H,19,20,21);1H. The molecule has 1 aromatic rings. The summed E-state index contributed by atoms with van der Waals surface area (Å²) in [7, 11) is 0. The third kappa shape index (κ3) is 8.81. The van der Waals surface area contributed by atoms with E-state index in [9.17, 15) is 4.79 Å². The smallest absolute Gasteiger partial charge is 0.227 e. The Hall–Kier alpha value is -1.38.